The molecule has 0 spiro atoms. The smallest absolute Gasteiger partial charge is 0.118 e. The number of nitrogens with zero attached hydrogens (tertiary/aromatic N) is 5. The number of benzene rings is 3. The highest BCUT2D eigenvalue weighted by atomic mass is 16.5. The monoisotopic (exact) mass is 407 g/mol. The van der Waals surface area contributed by atoms with E-state index in [2.05, 4.69) is 22.2 Å². The van der Waals surface area contributed by atoms with Crippen molar-refractivity contribution in [2.24, 2.45) is 5.10 Å². The Morgan fingerprint density at radius 2 is 1.71 bits per heavy atom. The highest BCUT2D eigenvalue weighted by Gasteiger charge is 2.11. The predicted octanol–water partition coefficient (Wildman–Crippen LogP) is 4.84. The van der Waals surface area contributed by atoms with Gasteiger partial charge in [-0.2, -0.15) is 10.2 Å². The second-order valence-electron chi connectivity index (χ2n) is 7.17. The first kappa shape index (κ1) is 18.8. The third-order valence-corrected chi connectivity index (χ3v) is 5.10. The van der Waals surface area contributed by atoms with Crippen LogP contribution in [0.5, 0.6) is 5.75 Å². The van der Waals surface area contributed by atoms with E-state index in [1.807, 2.05) is 83.8 Å². The topological polar surface area (TPSA) is 57.2 Å². The van der Waals surface area contributed by atoms with E-state index in [0.29, 0.717) is 6.54 Å². The molecule has 0 aliphatic rings. The normalized spacial score (nSPS) is 11.4. The average molecular weight is 407 g/mol. The highest BCUT2D eigenvalue weighted by Crippen LogP contribution is 2.24. The molecule has 5 rings (SSSR count). The number of hydrogen-bond donors (Lipinski definition) is 0. The summed E-state index contributed by atoms with van der Waals surface area (Å²) in [4.78, 5) is 4.41. The molecule has 0 bridgehead atoms. The van der Waals surface area contributed by atoms with Gasteiger partial charge in [-0.05, 0) is 42.0 Å². The standard InChI is InChI=1S/C25H21N5O/c1-31-22-13-11-20(12-14-22)25-21(17-29(28-25)16-19-7-3-2-4-8-19)15-27-30-18-26-23-9-5-6-10-24(23)30/h2-15,17-18H,16H2,1H3/b27-15-. The first-order valence-corrected chi connectivity index (χ1v) is 10.0. The van der Waals surface area contributed by atoms with Gasteiger partial charge < -0.3 is 4.74 Å². The van der Waals surface area contributed by atoms with Crippen LogP contribution in [0.4, 0.5) is 0 Å². The number of ether oxygens (including phenoxy) is 1. The molecule has 0 fully saturated rings. The van der Waals surface area contributed by atoms with E-state index in [9.17, 15) is 0 Å². The third-order valence-electron chi connectivity index (χ3n) is 5.10. The first-order valence-electron chi connectivity index (χ1n) is 10.0. The van der Waals surface area contributed by atoms with E-state index in [4.69, 9.17) is 9.84 Å². The molecule has 2 heterocycles. The van der Waals surface area contributed by atoms with Crippen LogP contribution < -0.4 is 4.74 Å². The van der Waals surface area contributed by atoms with Gasteiger partial charge in [0.2, 0.25) is 0 Å². The van der Waals surface area contributed by atoms with Crippen molar-refractivity contribution in [3.63, 3.8) is 0 Å². The minimum absolute atomic E-state index is 0.686. The van der Waals surface area contributed by atoms with Crippen LogP contribution in [0.3, 0.4) is 0 Å². The molecule has 0 atom stereocenters. The van der Waals surface area contributed by atoms with Crippen LogP contribution in [0.1, 0.15) is 11.1 Å². The predicted molar refractivity (Wildman–Crippen MR) is 122 cm³/mol. The third kappa shape index (κ3) is 3.96. The molecule has 0 aliphatic heterocycles. The van der Waals surface area contributed by atoms with Crippen LogP contribution in [-0.2, 0) is 6.54 Å². The zero-order chi connectivity index (χ0) is 21.0. The van der Waals surface area contributed by atoms with Crippen LogP contribution in [-0.4, -0.2) is 32.8 Å². The lowest BCUT2D eigenvalue weighted by molar-refractivity contribution is 0.415. The van der Waals surface area contributed by atoms with Gasteiger partial charge in [-0.1, -0.05) is 42.5 Å². The van der Waals surface area contributed by atoms with Gasteiger partial charge in [-0.25, -0.2) is 9.66 Å². The molecule has 3 aromatic carbocycles. The summed E-state index contributed by atoms with van der Waals surface area (Å²) in [7, 11) is 1.66. The van der Waals surface area contributed by atoms with E-state index in [0.717, 1.165) is 33.6 Å². The summed E-state index contributed by atoms with van der Waals surface area (Å²) in [6, 6.07) is 26.1. The summed E-state index contributed by atoms with van der Waals surface area (Å²) in [6.07, 6.45) is 5.58. The Morgan fingerprint density at radius 3 is 2.52 bits per heavy atom. The van der Waals surface area contributed by atoms with Crippen molar-refractivity contribution in [1.82, 2.24) is 19.4 Å². The van der Waals surface area contributed by atoms with E-state index in [1.54, 1.807) is 18.1 Å². The van der Waals surface area contributed by atoms with Gasteiger partial charge in [-0.15, -0.1) is 0 Å². The molecular weight excluding hydrogens is 386 g/mol. The molecular formula is C25H21N5O. The van der Waals surface area contributed by atoms with Crippen LogP contribution in [0.25, 0.3) is 22.3 Å². The summed E-state index contributed by atoms with van der Waals surface area (Å²) in [5.74, 6) is 0.813. The van der Waals surface area contributed by atoms with Gasteiger partial charge in [-0.3, -0.25) is 4.68 Å². The van der Waals surface area contributed by atoms with Gasteiger partial charge in [0.15, 0.2) is 0 Å². The van der Waals surface area contributed by atoms with Crippen LogP contribution in [0, 0.1) is 0 Å². The molecule has 31 heavy (non-hydrogen) atoms. The SMILES string of the molecule is COc1ccc(-c2nn(Cc3ccccc3)cc2/C=N\n2cnc3ccccc32)cc1. The molecule has 0 N–H and O–H groups in total. The summed E-state index contributed by atoms with van der Waals surface area (Å²) in [5, 5.41) is 9.51. The maximum atomic E-state index is 5.29. The maximum Gasteiger partial charge on any atom is 0.118 e. The molecule has 0 aliphatic carbocycles. The zero-order valence-corrected chi connectivity index (χ0v) is 17.1. The van der Waals surface area contributed by atoms with Crippen molar-refractivity contribution in [1.29, 1.82) is 0 Å². The molecule has 5 aromatic rings. The Hall–Kier alpha value is -4.19. The second kappa shape index (κ2) is 8.28. The summed E-state index contributed by atoms with van der Waals surface area (Å²) in [6.45, 7) is 0.686. The molecule has 0 amide bonds. The lowest BCUT2D eigenvalue weighted by Gasteiger charge is -2.03. The number of aromatic nitrogens is 4. The van der Waals surface area contributed by atoms with E-state index in [-0.39, 0.29) is 0 Å². The number of imidazole rings is 1. The number of fused-ring (bicyclic) bond motifs is 1. The highest BCUT2D eigenvalue weighted by molar-refractivity contribution is 5.89. The Bertz CT molecular complexity index is 1330. The zero-order valence-electron chi connectivity index (χ0n) is 17.1. The van der Waals surface area contributed by atoms with Crippen molar-refractivity contribution in [2.75, 3.05) is 7.11 Å². The van der Waals surface area contributed by atoms with Crippen LogP contribution >= 0.6 is 0 Å². The minimum atomic E-state index is 0.686. The Morgan fingerprint density at radius 1 is 0.935 bits per heavy atom. The number of hydrogen-bond acceptors (Lipinski definition) is 4. The molecule has 0 unspecified atom stereocenters. The maximum absolute atomic E-state index is 5.29. The first-order chi connectivity index (χ1) is 15.3. The largest absolute Gasteiger partial charge is 0.497 e. The van der Waals surface area contributed by atoms with Gasteiger partial charge >= 0.3 is 0 Å². The molecule has 0 radical (unpaired) electrons. The Kier molecular flexibility index (Phi) is 5.02. The molecule has 152 valence electrons. The Labute approximate surface area is 180 Å². The van der Waals surface area contributed by atoms with Crippen molar-refractivity contribution < 1.29 is 4.74 Å². The summed E-state index contributed by atoms with van der Waals surface area (Å²) < 4.78 is 9.02. The molecule has 6 heteroatoms. The van der Waals surface area contributed by atoms with Crippen molar-refractivity contribution in [3.8, 4) is 17.0 Å². The number of rotatable bonds is 6. The van der Waals surface area contributed by atoms with Gasteiger partial charge in [0, 0.05) is 17.3 Å². The fourth-order valence-electron chi connectivity index (χ4n) is 3.52. The second-order valence-corrected chi connectivity index (χ2v) is 7.17. The van der Waals surface area contributed by atoms with Gasteiger partial charge in [0.05, 0.1) is 30.9 Å². The lowest BCUT2D eigenvalue weighted by atomic mass is 10.1. The number of methoxy groups -OCH3 is 1. The molecule has 6 nitrogen and oxygen atoms in total. The van der Waals surface area contributed by atoms with Crippen LogP contribution in [0.15, 0.2) is 96.5 Å². The van der Waals surface area contributed by atoms with E-state index < -0.39 is 0 Å². The quantitative estimate of drug-likeness (QED) is 0.379. The molecule has 0 saturated heterocycles. The van der Waals surface area contributed by atoms with Gasteiger partial charge in [0.1, 0.15) is 17.8 Å². The summed E-state index contributed by atoms with van der Waals surface area (Å²) in [5.41, 5.74) is 5.86. The minimum Gasteiger partial charge on any atom is -0.497 e. The molecule has 0 saturated carbocycles. The van der Waals surface area contributed by atoms with E-state index in [1.165, 1.54) is 5.56 Å². The lowest BCUT2D eigenvalue weighted by Crippen LogP contribution is -2.00. The average Bonchev–Trinajstić information content (AvgIpc) is 3.42. The number of para-hydroxylation sites is 2. The van der Waals surface area contributed by atoms with Crippen molar-refractivity contribution in [2.45, 2.75) is 6.54 Å². The molecule has 2 aromatic heterocycles. The fourth-order valence-corrected chi connectivity index (χ4v) is 3.52. The summed E-state index contributed by atoms with van der Waals surface area (Å²) >= 11 is 0. The fraction of sp³-hybridized carbons (Fsp3) is 0.0800. The van der Waals surface area contributed by atoms with Crippen LogP contribution in [0.2, 0.25) is 0 Å². The van der Waals surface area contributed by atoms with Crippen molar-refractivity contribution in [3.05, 3.63) is 103 Å². The van der Waals surface area contributed by atoms with Gasteiger partial charge in [0.25, 0.3) is 0 Å². The Balaban J connectivity index is 1.53. The van der Waals surface area contributed by atoms with E-state index >= 15 is 0 Å². The van der Waals surface area contributed by atoms with Crippen molar-refractivity contribution >= 4 is 17.2 Å².